The Labute approximate surface area is 113 Å². The number of aryl methyl sites for hydroxylation is 2. The van der Waals surface area contributed by atoms with E-state index in [9.17, 15) is 4.79 Å². The maximum Gasteiger partial charge on any atom is 0.254 e. The lowest BCUT2D eigenvalue weighted by Crippen LogP contribution is -2.32. The molecule has 2 rings (SSSR count). The fourth-order valence-electron chi connectivity index (χ4n) is 2.55. The highest BCUT2D eigenvalue weighted by Crippen LogP contribution is 2.26. The Morgan fingerprint density at radius 2 is 1.95 bits per heavy atom. The number of rotatable bonds is 3. The van der Waals surface area contributed by atoms with E-state index in [4.69, 9.17) is 16.2 Å². The van der Waals surface area contributed by atoms with Gasteiger partial charge in [-0.3, -0.25) is 4.79 Å². The van der Waals surface area contributed by atoms with Crippen molar-refractivity contribution in [3.8, 4) is 5.88 Å². The van der Waals surface area contributed by atoms with Gasteiger partial charge in [0.2, 0.25) is 5.88 Å². The van der Waals surface area contributed by atoms with Gasteiger partial charge in [-0.15, -0.1) is 0 Å². The maximum atomic E-state index is 11.5. The molecule has 1 aromatic heterocycles. The Hall–Kier alpha value is -1.62. The summed E-state index contributed by atoms with van der Waals surface area (Å²) in [6, 6.07) is 2.10. The molecule has 0 atom stereocenters. The lowest BCUT2D eigenvalue weighted by atomic mass is 9.94. The average Bonchev–Trinajstić information content (AvgIpc) is 2.30. The minimum Gasteiger partial charge on any atom is -0.474 e. The normalized spacial score (nSPS) is 23.1. The van der Waals surface area contributed by atoms with Gasteiger partial charge in [-0.2, -0.15) is 0 Å². The van der Waals surface area contributed by atoms with Crippen LogP contribution in [0.25, 0.3) is 0 Å². The zero-order valence-corrected chi connectivity index (χ0v) is 11.5. The SMILES string of the molecule is Cc1cc(C)c(C(N)=O)c(OC2CCC(N)CC2)n1. The van der Waals surface area contributed by atoms with Crippen LogP contribution < -0.4 is 16.2 Å². The van der Waals surface area contributed by atoms with Crippen LogP contribution in [-0.2, 0) is 0 Å². The quantitative estimate of drug-likeness (QED) is 0.863. The molecule has 1 amide bonds. The van der Waals surface area contributed by atoms with Gasteiger partial charge >= 0.3 is 0 Å². The molecule has 1 aromatic rings. The van der Waals surface area contributed by atoms with E-state index in [2.05, 4.69) is 4.98 Å². The molecule has 1 fully saturated rings. The molecule has 0 saturated heterocycles. The largest absolute Gasteiger partial charge is 0.474 e. The number of hydrogen-bond acceptors (Lipinski definition) is 4. The second kappa shape index (κ2) is 5.57. The van der Waals surface area contributed by atoms with Crippen LogP contribution in [0.5, 0.6) is 5.88 Å². The van der Waals surface area contributed by atoms with Crippen LogP contribution in [0.3, 0.4) is 0 Å². The van der Waals surface area contributed by atoms with Crippen LogP contribution in [0.1, 0.15) is 47.3 Å². The molecular weight excluding hydrogens is 242 g/mol. The third kappa shape index (κ3) is 3.23. The number of ether oxygens (including phenoxy) is 1. The fourth-order valence-corrected chi connectivity index (χ4v) is 2.55. The first kappa shape index (κ1) is 13.8. The predicted molar refractivity (Wildman–Crippen MR) is 73.1 cm³/mol. The van der Waals surface area contributed by atoms with Crippen molar-refractivity contribution < 1.29 is 9.53 Å². The summed E-state index contributed by atoms with van der Waals surface area (Å²) in [5.41, 5.74) is 13.3. The standard InChI is InChI=1S/C14H21N3O2/c1-8-7-9(2)17-14(12(8)13(16)18)19-11-5-3-10(15)4-6-11/h7,10-11H,3-6,15H2,1-2H3,(H2,16,18). The van der Waals surface area contributed by atoms with Gasteiger partial charge in [0.05, 0.1) is 0 Å². The van der Waals surface area contributed by atoms with Gasteiger partial charge < -0.3 is 16.2 Å². The van der Waals surface area contributed by atoms with Gasteiger partial charge in [0.15, 0.2) is 0 Å². The van der Waals surface area contributed by atoms with E-state index in [1.54, 1.807) is 0 Å². The van der Waals surface area contributed by atoms with E-state index in [0.29, 0.717) is 11.4 Å². The van der Waals surface area contributed by atoms with Crippen LogP contribution in [-0.4, -0.2) is 23.0 Å². The average molecular weight is 263 g/mol. The van der Waals surface area contributed by atoms with Crippen molar-refractivity contribution in [2.75, 3.05) is 0 Å². The summed E-state index contributed by atoms with van der Waals surface area (Å²) in [7, 11) is 0. The number of nitrogens with two attached hydrogens (primary N) is 2. The molecule has 19 heavy (non-hydrogen) atoms. The zero-order valence-electron chi connectivity index (χ0n) is 11.5. The molecule has 0 aromatic carbocycles. The summed E-state index contributed by atoms with van der Waals surface area (Å²) in [5, 5.41) is 0. The predicted octanol–water partition coefficient (Wildman–Crippen LogP) is 1.45. The van der Waals surface area contributed by atoms with Crippen molar-refractivity contribution in [1.29, 1.82) is 0 Å². The van der Waals surface area contributed by atoms with Gasteiger partial charge in [-0.25, -0.2) is 4.98 Å². The summed E-state index contributed by atoms with van der Waals surface area (Å²) in [5.74, 6) is -0.127. The summed E-state index contributed by atoms with van der Waals surface area (Å²) in [6.45, 7) is 3.72. The van der Waals surface area contributed by atoms with Crippen LogP contribution in [0.15, 0.2) is 6.07 Å². The molecule has 0 spiro atoms. The lowest BCUT2D eigenvalue weighted by Gasteiger charge is -2.27. The second-order valence-electron chi connectivity index (χ2n) is 5.28. The number of primary amides is 1. The molecule has 1 saturated carbocycles. The van der Waals surface area contributed by atoms with Crippen molar-refractivity contribution >= 4 is 5.91 Å². The summed E-state index contributed by atoms with van der Waals surface area (Å²) < 4.78 is 5.89. The first-order chi connectivity index (χ1) is 8.97. The van der Waals surface area contributed by atoms with Crippen LogP contribution in [0, 0.1) is 13.8 Å². The van der Waals surface area contributed by atoms with Crippen LogP contribution >= 0.6 is 0 Å². The first-order valence-corrected chi connectivity index (χ1v) is 6.67. The molecule has 104 valence electrons. The summed E-state index contributed by atoms with van der Waals surface area (Å²) in [6.07, 6.45) is 3.76. The van der Waals surface area contributed by atoms with E-state index in [1.807, 2.05) is 19.9 Å². The molecule has 0 radical (unpaired) electrons. The number of amides is 1. The highest BCUT2D eigenvalue weighted by Gasteiger charge is 2.23. The van der Waals surface area contributed by atoms with E-state index in [-0.39, 0.29) is 12.1 Å². The maximum absolute atomic E-state index is 11.5. The third-order valence-corrected chi connectivity index (χ3v) is 3.56. The molecule has 4 N–H and O–H groups in total. The second-order valence-corrected chi connectivity index (χ2v) is 5.28. The van der Waals surface area contributed by atoms with Gasteiger partial charge in [-0.05, 0) is 51.2 Å². The molecular formula is C14H21N3O2. The van der Waals surface area contributed by atoms with Gasteiger partial charge in [-0.1, -0.05) is 0 Å². The molecule has 0 bridgehead atoms. The van der Waals surface area contributed by atoms with E-state index < -0.39 is 5.91 Å². The fraction of sp³-hybridized carbons (Fsp3) is 0.571. The van der Waals surface area contributed by atoms with Gasteiger partial charge in [0, 0.05) is 11.7 Å². The molecule has 1 aliphatic carbocycles. The Morgan fingerprint density at radius 1 is 1.32 bits per heavy atom. The van der Waals surface area contributed by atoms with E-state index >= 15 is 0 Å². The molecule has 0 aliphatic heterocycles. The van der Waals surface area contributed by atoms with Crippen molar-refractivity contribution in [3.05, 3.63) is 22.9 Å². The number of pyridine rings is 1. The number of aromatic nitrogens is 1. The van der Waals surface area contributed by atoms with Gasteiger partial charge in [0.25, 0.3) is 5.91 Å². The van der Waals surface area contributed by atoms with Crippen LogP contribution in [0.2, 0.25) is 0 Å². The summed E-state index contributed by atoms with van der Waals surface area (Å²) >= 11 is 0. The van der Waals surface area contributed by atoms with Crippen molar-refractivity contribution in [1.82, 2.24) is 4.98 Å². The molecule has 1 heterocycles. The minimum atomic E-state index is -0.493. The lowest BCUT2D eigenvalue weighted by molar-refractivity contribution is 0.0982. The smallest absolute Gasteiger partial charge is 0.254 e. The van der Waals surface area contributed by atoms with Gasteiger partial charge in [0.1, 0.15) is 11.7 Å². The minimum absolute atomic E-state index is 0.0756. The van der Waals surface area contributed by atoms with E-state index in [1.165, 1.54) is 0 Å². The number of carbonyl (C=O) groups is 1. The van der Waals surface area contributed by atoms with Crippen molar-refractivity contribution in [3.63, 3.8) is 0 Å². The molecule has 0 unspecified atom stereocenters. The number of carbonyl (C=O) groups excluding carboxylic acids is 1. The first-order valence-electron chi connectivity index (χ1n) is 6.67. The zero-order chi connectivity index (χ0) is 14.0. The van der Waals surface area contributed by atoms with E-state index in [0.717, 1.165) is 36.9 Å². The number of nitrogens with zero attached hydrogens (tertiary/aromatic N) is 1. The Bertz CT molecular complexity index is 480. The Kier molecular flexibility index (Phi) is 4.04. The molecule has 5 heteroatoms. The third-order valence-electron chi connectivity index (χ3n) is 3.56. The van der Waals surface area contributed by atoms with Crippen molar-refractivity contribution in [2.24, 2.45) is 11.5 Å². The number of hydrogen-bond donors (Lipinski definition) is 2. The molecule has 5 nitrogen and oxygen atoms in total. The highest BCUT2D eigenvalue weighted by molar-refractivity contribution is 5.96. The molecule has 1 aliphatic rings. The van der Waals surface area contributed by atoms with Crippen LogP contribution in [0.4, 0.5) is 0 Å². The summed E-state index contributed by atoms with van der Waals surface area (Å²) in [4.78, 5) is 15.8. The topological polar surface area (TPSA) is 91.2 Å². The van der Waals surface area contributed by atoms with Crippen molar-refractivity contribution in [2.45, 2.75) is 51.7 Å². The highest BCUT2D eigenvalue weighted by atomic mass is 16.5. The Balaban J connectivity index is 2.21. The monoisotopic (exact) mass is 263 g/mol. The Morgan fingerprint density at radius 3 is 2.53 bits per heavy atom.